The quantitative estimate of drug-likeness (QED) is 0.231. The fourth-order valence-electron chi connectivity index (χ4n) is 4.76. The lowest BCUT2D eigenvalue weighted by Crippen LogP contribution is -2.55. The molecule has 13 heteroatoms. The normalized spacial score (nSPS) is 15.4. The van der Waals surface area contributed by atoms with Crippen LogP contribution in [0, 0.1) is 0 Å². The second-order valence-electron chi connectivity index (χ2n) is 9.56. The number of carboxylic acid groups (broad SMARTS) is 2. The summed E-state index contributed by atoms with van der Waals surface area (Å²) in [6.07, 6.45) is -0.873. The number of hydrogen-bond acceptors (Lipinski definition) is 7. The molecule has 0 aromatic heterocycles. The highest BCUT2D eigenvalue weighted by Gasteiger charge is 2.38. The lowest BCUT2D eigenvalue weighted by Gasteiger charge is -2.25. The maximum absolute atomic E-state index is 14.0. The molecule has 0 unspecified atom stereocenters. The zero-order chi connectivity index (χ0) is 30.4. The van der Waals surface area contributed by atoms with E-state index < -0.39 is 60.6 Å². The number of rotatable bonds is 10. The predicted octanol–water partition coefficient (Wildman–Crippen LogP) is 0.582. The number of carbonyl (C=O) groups is 6. The lowest BCUT2D eigenvalue weighted by molar-refractivity contribution is -0.147. The van der Waals surface area contributed by atoms with Gasteiger partial charge in [0, 0.05) is 5.56 Å². The van der Waals surface area contributed by atoms with Gasteiger partial charge in [0.1, 0.15) is 18.6 Å². The zero-order valence-electron chi connectivity index (χ0n) is 22.6. The lowest BCUT2D eigenvalue weighted by atomic mass is 10.0. The molecule has 4 rings (SSSR count). The van der Waals surface area contributed by atoms with Crippen molar-refractivity contribution in [2.45, 2.75) is 18.5 Å². The first-order chi connectivity index (χ1) is 20.1. The van der Waals surface area contributed by atoms with Crippen molar-refractivity contribution >= 4 is 57.7 Å². The average Bonchev–Trinajstić information content (AvgIpc) is 3.07. The number of para-hydroxylation sites is 2. The number of hydrogen-bond donors (Lipinski definition) is 5. The summed E-state index contributed by atoms with van der Waals surface area (Å²) in [5, 5.41) is 27.5. The molecule has 1 heterocycles. The molecule has 4 amide bonds. The number of likely N-dealkylation sites (N-methyl/N-ethyl adjacent to an activating group) is 1. The Labute approximate surface area is 240 Å². The van der Waals surface area contributed by atoms with Gasteiger partial charge in [-0.15, -0.1) is 0 Å². The highest BCUT2D eigenvalue weighted by molar-refractivity contribution is 6.13. The molecule has 13 nitrogen and oxygen atoms in total. The Hall–Kier alpha value is -5.30. The summed E-state index contributed by atoms with van der Waals surface area (Å²) in [6.45, 7) is -1.03. The van der Waals surface area contributed by atoms with Crippen LogP contribution in [0.25, 0.3) is 10.8 Å². The molecule has 5 N–H and O–H groups in total. The fraction of sp³-hybridized carbons (Fsp3) is 0.241. The summed E-state index contributed by atoms with van der Waals surface area (Å²) >= 11 is 0. The molecule has 0 bridgehead atoms. The molecule has 0 saturated heterocycles. The van der Waals surface area contributed by atoms with Gasteiger partial charge in [-0.3, -0.25) is 28.9 Å². The molecular formula is C29H29N5O8. The second-order valence-corrected chi connectivity index (χ2v) is 9.56. The minimum Gasteiger partial charge on any atom is -0.481 e. The van der Waals surface area contributed by atoms with Crippen molar-refractivity contribution in [1.29, 1.82) is 0 Å². The van der Waals surface area contributed by atoms with E-state index in [1.54, 1.807) is 49.5 Å². The van der Waals surface area contributed by atoms with Crippen LogP contribution in [0.4, 0.5) is 11.4 Å². The van der Waals surface area contributed by atoms with Gasteiger partial charge in [-0.25, -0.2) is 4.79 Å². The van der Waals surface area contributed by atoms with Crippen molar-refractivity contribution in [3.05, 3.63) is 72.3 Å². The maximum Gasteiger partial charge on any atom is 0.326 e. The largest absolute Gasteiger partial charge is 0.481 e. The van der Waals surface area contributed by atoms with Gasteiger partial charge in [-0.05, 0) is 36.0 Å². The van der Waals surface area contributed by atoms with Crippen molar-refractivity contribution in [2.75, 3.05) is 36.5 Å². The van der Waals surface area contributed by atoms with Gasteiger partial charge in [0.25, 0.3) is 11.8 Å². The maximum atomic E-state index is 14.0. The summed E-state index contributed by atoms with van der Waals surface area (Å²) in [7, 11) is 1.58. The van der Waals surface area contributed by atoms with E-state index in [4.69, 9.17) is 5.11 Å². The number of fused-ring (bicyclic) bond motifs is 2. The molecule has 0 fully saturated rings. The van der Waals surface area contributed by atoms with E-state index in [-0.39, 0.29) is 18.8 Å². The van der Waals surface area contributed by atoms with E-state index in [0.717, 1.165) is 10.3 Å². The fourth-order valence-corrected chi connectivity index (χ4v) is 4.76. The van der Waals surface area contributed by atoms with Crippen LogP contribution in [0.2, 0.25) is 0 Å². The molecule has 3 aromatic rings. The van der Waals surface area contributed by atoms with Gasteiger partial charge >= 0.3 is 11.9 Å². The molecule has 0 spiro atoms. The first kappa shape index (κ1) is 29.7. The minimum atomic E-state index is -1.73. The number of nitrogens with one attached hydrogen (secondary N) is 3. The monoisotopic (exact) mass is 575 g/mol. The first-order valence-corrected chi connectivity index (χ1v) is 13.0. The van der Waals surface area contributed by atoms with Crippen LogP contribution in [0.15, 0.2) is 66.7 Å². The highest BCUT2D eigenvalue weighted by Crippen LogP contribution is 2.33. The average molecular weight is 576 g/mol. The van der Waals surface area contributed by atoms with Crippen molar-refractivity contribution in [1.82, 2.24) is 16.0 Å². The van der Waals surface area contributed by atoms with Gasteiger partial charge in [0.05, 0.1) is 30.9 Å². The van der Waals surface area contributed by atoms with Crippen molar-refractivity contribution in [2.24, 2.45) is 0 Å². The van der Waals surface area contributed by atoms with Crippen molar-refractivity contribution in [3.8, 4) is 0 Å². The number of aliphatic carboxylic acids is 2. The zero-order valence-corrected chi connectivity index (χ0v) is 22.6. The number of nitrogens with zero attached hydrogens (tertiary/aromatic N) is 2. The molecule has 2 atom stereocenters. The number of anilines is 2. The Morgan fingerprint density at radius 1 is 0.929 bits per heavy atom. The molecule has 218 valence electrons. The summed E-state index contributed by atoms with van der Waals surface area (Å²) in [5.74, 6) is -5.64. The molecule has 3 aromatic carbocycles. The summed E-state index contributed by atoms with van der Waals surface area (Å²) in [6, 6.07) is 15.7. The van der Waals surface area contributed by atoms with Crippen LogP contribution in [0.1, 0.15) is 16.8 Å². The number of carbonyl (C=O) groups excluding carboxylic acids is 4. The van der Waals surface area contributed by atoms with E-state index in [0.29, 0.717) is 16.6 Å². The molecule has 1 aliphatic heterocycles. The first-order valence-electron chi connectivity index (χ1n) is 13.0. The Kier molecular flexibility index (Phi) is 9.12. The van der Waals surface area contributed by atoms with Gasteiger partial charge in [0.15, 0.2) is 0 Å². The van der Waals surface area contributed by atoms with E-state index in [1.807, 2.05) is 18.2 Å². The molecule has 1 aliphatic rings. The van der Waals surface area contributed by atoms with Crippen molar-refractivity contribution in [3.63, 3.8) is 0 Å². The SMILES string of the molecule is CNCC(=O)N1C[C@H](NC(=O)c2cccc3ccccc23)C(=O)N(CC(=O)N[C@@H](CC(=O)O)C(=O)O)c2ccccc21. The van der Waals surface area contributed by atoms with Crippen LogP contribution in [-0.2, 0) is 24.0 Å². The van der Waals surface area contributed by atoms with E-state index in [9.17, 15) is 33.9 Å². The van der Waals surface area contributed by atoms with Gasteiger partial charge in [-0.2, -0.15) is 0 Å². The second kappa shape index (κ2) is 12.9. The van der Waals surface area contributed by atoms with Gasteiger partial charge in [-0.1, -0.05) is 48.5 Å². The van der Waals surface area contributed by atoms with Gasteiger partial charge < -0.3 is 31.1 Å². The summed E-state index contributed by atoms with van der Waals surface area (Å²) in [5.41, 5.74) is 0.772. The number of amides is 4. The van der Waals surface area contributed by atoms with Crippen molar-refractivity contribution < 1.29 is 39.0 Å². The van der Waals surface area contributed by atoms with Crippen LogP contribution in [-0.4, -0.2) is 84.5 Å². The minimum absolute atomic E-state index is 0.0809. The molecule has 42 heavy (non-hydrogen) atoms. The van der Waals surface area contributed by atoms with E-state index >= 15 is 0 Å². The molecule has 0 aliphatic carbocycles. The van der Waals surface area contributed by atoms with Crippen LogP contribution >= 0.6 is 0 Å². The Morgan fingerprint density at radius 3 is 2.29 bits per heavy atom. The molecule has 0 radical (unpaired) electrons. The Bertz CT molecular complexity index is 1550. The van der Waals surface area contributed by atoms with E-state index in [1.165, 1.54) is 11.0 Å². The highest BCUT2D eigenvalue weighted by atomic mass is 16.4. The molecular weight excluding hydrogens is 546 g/mol. The Balaban J connectivity index is 1.70. The van der Waals surface area contributed by atoms with Crippen LogP contribution in [0.3, 0.4) is 0 Å². The van der Waals surface area contributed by atoms with Gasteiger partial charge in [0.2, 0.25) is 11.8 Å². The summed E-state index contributed by atoms with van der Waals surface area (Å²) < 4.78 is 0. The number of benzene rings is 3. The van der Waals surface area contributed by atoms with E-state index in [2.05, 4.69) is 16.0 Å². The summed E-state index contributed by atoms with van der Waals surface area (Å²) in [4.78, 5) is 78.6. The topological polar surface area (TPSA) is 185 Å². The van der Waals surface area contributed by atoms with Crippen LogP contribution in [0.5, 0.6) is 0 Å². The predicted molar refractivity (Wildman–Crippen MR) is 152 cm³/mol. The van der Waals surface area contributed by atoms with Crippen LogP contribution < -0.4 is 25.8 Å². The smallest absolute Gasteiger partial charge is 0.326 e. The number of carboxylic acids is 2. The third kappa shape index (κ3) is 6.53. The Morgan fingerprint density at radius 2 is 1.60 bits per heavy atom. The molecule has 0 saturated carbocycles. The standard InChI is InChI=1S/C29H29N5O8/c1-30-14-25(36)33-15-21(32-27(39)19-10-6-8-17-7-2-3-9-18(17)19)28(40)34(23-12-5-4-11-22(23)33)16-24(35)31-20(29(41)42)13-26(37)38/h2-12,20-21,30H,13-16H2,1H3,(H,31,35)(H,32,39)(H,37,38)(H,41,42)/t20-,21-/m0/s1. The third-order valence-corrected chi connectivity index (χ3v) is 6.68. The third-order valence-electron chi connectivity index (χ3n) is 6.68.